The number of aromatic nitrogens is 3. The van der Waals surface area contributed by atoms with Crippen LogP contribution in [0.5, 0.6) is 0 Å². The zero-order valence-electron chi connectivity index (χ0n) is 15.3. The molecule has 3 amide bonds. The second-order valence-electron chi connectivity index (χ2n) is 5.90. The number of primary amides is 1. The molecule has 0 spiro atoms. The third-order valence-corrected chi connectivity index (χ3v) is 4.43. The number of nitrogens with one attached hydrogen (secondary N) is 2. The standard InChI is InChI=1S/C19H17ClN6O3/c1-2-26(19(29)16-15(17(21)27)23-10-24-16)12-5-3-11(4-6-12)25-18(28)13-9-22-8-7-14(13)20/h3-10H,2H2,1H3,(H2,21,27)(H,23,24)(H,25,28). The van der Waals surface area contributed by atoms with Gasteiger partial charge in [-0.2, -0.15) is 0 Å². The number of amides is 3. The molecule has 3 aromatic rings. The molecule has 29 heavy (non-hydrogen) atoms. The van der Waals surface area contributed by atoms with E-state index in [2.05, 4.69) is 20.3 Å². The zero-order chi connectivity index (χ0) is 21.0. The quantitative estimate of drug-likeness (QED) is 0.571. The van der Waals surface area contributed by atoms with Gasteiger partial charge in [0.2, 0.25) is 0 Å². The van der Waals surface area contributed by atoms with E-state index in [1.807, 2.05) is 0 Å². The minimum Gasteiger partial charge on any atom is -0.364 e. The Morgan fingerprint density at radius 1 is 1.21 bits per heavy atom. The first-order valence-electron chi connectivity index (χ1n) is 8.58. The monoisotopic (exact) mass is 412 g/mol. The Balaban J connectivity index is 1.78. The van der Waals surface area contributed by atoms with Crippen LogP contribution in [-0.4, -0.2) is 39.2 Å². The molecule has 10 heteroatoms. The van der Waals surface area contributed by atoms with Crippen molar-refractivity contribution < 1.29 is 14.4 Å². The summed E-state index contributed by atoms with van der Waals surface area (Å²) in [6, 6.07) is 8.15. The Labute approximate surface area is 170 Å². The van der Waals surface area contributed by atoms with Gasteiger partial charge in [-0.25, -0.2) is 4.98 Å². The van der Waals surface area contributed by atoms with E-state index in [0.717, 1.165) is 0 Å². The molecule has 9 nitrogen and oxygen atoms in total. The van der Waals surface area contributed by atoms with E-state index in [-0.39, 0.29) is 17.0 Å². The number of hydrogen-bond donors (Lipinski definition) is 3. The van der Waals surface area contributed by atoms with Gasteiger partial charge in [-0.15, -0.1) is 0 Å². The topological polar surface area (TPSA) is 134 Å². The Hall–Kier alpha value is -3.72. The number of pyridine rings is 1. The molecule has 0 aliphatic carbocycles. The fraction of sp³-hybridized carbons (Fsp3) is 0.105. The lowest BCUT2D eigenvalue weighted by Gasteiger charge is -2.20. The number of carbonyl (C=O) groups is 3. The van der Waals surface area contributed by atoms with Crippen molar-refractivity contribution in [2.45, 2.75) is 6.92 Å². The van der Waals surface area contributed by atoms with Crippen LogP contribution in [-0.2, 0) is 0 Å². The molecule has 0 atom stereocenters. The van der Waals surface area contributed by atoms with Crippen molar-refractivity contribution in [3.8, 4) is 0 Å². The van der Waals surface area contributed by atoms with E-state index in [1.54, 1.807) is 31.2 Å². The first kappa shape index (κ1) is 20.0. The Kier molecular flexibility index (Phi) is 5.89. The molecule has 0 bridgehead atoms. The average molecular weight is 413 g/mol. The number of aromatic amines is 1. The molecule has 2 heterocycles. The number of H-pyrrole nitrogens is 1. The summed E-state index contributed by atoms with van der Waals surface area (Å²) in [7, 11) is 0. The SMILES string of the molecule is CCN(C(=O)c1nc[nH]c1C(N)=O)c1ccc(NC(=O)c2cnccc2Cl)cc1. The van der Waals surface area contributed by atoms with E-state index >= 15 is 0 Å². The number of nitrogens with two attached hydrogens (primary N) is 1. The summed E-state index contributed by atoms with van der Waals surface area (Å²) in [6.45, 7) is 2.12. The van der Waals surface area contributed by atoms with E-state index < -0.39 is 17.7 Å². The maximum absolute atomic E-state index is 12.8. The maximum Gasteiger partial charge on any atom is 0.279 e. The number of imidazole rings is 1. The van der Waals surface area contributed by atoms with Crippen molar-refractivity contribution in [3.05, 3.63) is 71.0 Å². The molecular weight excluding hydrogens is 396 g/mol. The van der Waals surface area contributed by atoms with E-state index in [9.17, 15) is 14.4 Å². The van der Waals surface area contributed by atoms with Gasteiger partial charge < -0.3 is 20.9 Å². The van der Waals surface area contributed by atoms with Crippen LogP contribution >= 0.6 is 11.6 Å². The van der Waals surface area contributed by atoms with Gasteiger partial charge in [0, 0.05) is 30.3 Å². The van der Waals surface area contributed by atoms with Gasteiger partial charge in [0.25, 0.3) is 17.7 Å². The average Bonchev–Trinajstić information content (AvgIpc) is 3.20. The number of nitrogens with zero attached hydrogens (tertiary/aromatic N) is 3. The summed E-state index contributed by atoms with van der Waals surface area (Å²) in [5.41, 5.74) is 6.49. The number of anilines is 2. The lowest BCUT2D eigenvalue weighted by Crippen LogP contribution is -2.32. The van der Waals surface area contributed by atoms with Crippen molar-refractivity contribution in [1.82, 2.24) is 15.0 Å². The summed E-state index contributed by atoms with van der Waals surface area (Å²) >= 11 is 6.00. The molecule has 0 aliphatic rings. The lowest BCUT2D eigenvalue weighted by molar-refractivity contribution is 0.0956. The summed E-state index contributed by atoms with van der Waals surface area (Å²) in [4.78, 5) is 48.4. The largest absolute Gasteiger partial charge is 0.364 e. The molecule has 0 saturated heterocycles. The number of benzene rings is 1. The molecule has 1 aromatic carbocycles. The number of carbonyl (C=O) groups excluding carboxylic acids is 3. The minimum absolute atomic E-state index is 0.0503. The molecule has 148 valence electrons. The molecule has 0 aliphatic heterocycles. The Morgan fingerprint density at radius 3 is 2.55 bits per heavy atom. The minimum atomic E-state index is -0.769. The van der Waals surface area contributed by atoms with Gasteiger partial charge in [0.1, 0.15) is 5.69 Å². The zero-order valence-corrected chi connectivity index (χ0v) is 16.1. The van der Waals surface area contributed by atoms with Gasteiger partial charge >= 0.3 is 0 Å². The smallest absolute Gasteiger partial charge is 0.279 e. The number of halogens is 1. The Morgan fingerprint density at radius 2 is 1.93 bits per heavy atom. The van der Waals surface area contributed by atoms with Crippen molar-refractivity contribution >= 4 is 40.7 Å². The third-order valence-electron chi connectivity index (χ3n) is 4.10. The fourth-order valence-corrected chi connectivity index (χ4v) is 2.87. The highest BCUT2D eigenvalue weighted by Gasteiger charge is 2.24. The molecule has 0 fully saturated rings. The molecule has 2 aromatic heterocycles. The van der Waals surface area contributed by atoms with E-state index in [4.69, 9.17) is 17.3 Å². The highest BCUT2D eigenvalue weighted by atomic mass is 35.5. The van der Waals surface area contributed by atoms with Crippen molar-refractivity contribution in [2.75, 3.05) is 16.8 Å². The van der Waals surface area contributed by atoms with Gasteiger partial charge in [-0.1, -0.05) is 11.6 Å². The number of rotatable bonds is 6. The van der Waals surface area contributed by atoms with Gasteiger partial charge in [0.15, 0.2) is 5.69 Å². The second kappa shape index (κ2) is 8.53. The summed E-state index contributed by atoms with van der Waals surface area (Å²) in [5, 5.41) is 3.01. The van der Waals surface area contributed by atoms with E-state index in [0.29, 0.717) is 22.9 Å². The van der Waals surface area contributed by atoms with Crippen LogP contribution in [0.1, 0.15) is 38.3 Å². The summed E-state index contributed by atoms with van der Waals surface area (Å²) < 4.78 is 0. The first-order chi connectivity index (χ1) is 13.9. The van der Waals surface area contributed by atoms with Crippen molar-refractivity contribution in [3.63, 3.8) is 0 Å². The van der Waals surface area contributed by atoms with Gasteiger partial charge in [0.05, 0.1) is 16.9 Å². The van der Waals surface area contributed by atoms with Crippen molar-refractivity contribution in [2.24, 2.45) is 5.73 Å². The summed E-state index contributed by atoms with van der Waals surface area (Å²) in [6.07, 6.45) is 4.11. The van der Waals surface area contributed by atoms with Crippen LogP contribution in [0, 0.1) is 0 Å². The third kappa shape index (κ3) is 4.25. The highest BCUT2D eigenvalue weighted by Crippen LogP contribution is 2.22. The van der Waals surface area contributed by atoms with Crippen LogP contribution in [0.3, 0.4) is 0 Å². The lowest BCUT2D eigenvalue weighted by atomic mass is 10.2. The maximum atomic E-state index is 12.8. The first-order valence-corrected chi connectivity index (χ1v) is 8.96. The molecule has 4 N–H and O–H groups in total. The van der Waals surface area contributed by atoms with Gasteiger partial charge in [-0.3, -0.25) is 19.4 Å². The molecular formula is C19H17ClN6O3. The van der Waals surface area contributed by atoms with E-state index in [1.165, 1.54) is 29.7 Å². The normalized spacial score (nSPS) is 10.4. The second-order valence-corrected chi connectivity index (χ2v) is 6.30. The molecule has 0 radical (unpaired) electrons. The predicted octanol–water partition coefficient (Wildman–Crippen LogP) is 2.48. The van der Waals surface area contributed by atoms with Crippen LogP contribution < -0.4 is 16.0 Å². The molecule has 0 unspecified atom stereocenters. The van der Waals surface area contributed by atoms with Gasteiger partial charge in [-0.05, 0) is 37.3 Å². The van der Waals surface area contributed by atoms with Crippen molar-refractivity contribution in [1.29, 1.82) is 0 Å². The van der Waals surface area contributed by atoms with Crippen LogP contribution in [0.15, 0.2) is 49.1 Å². The molecule has 3 rings (SSSR count). The molecule has 0 saturated carbocycles. The summed E-state index contributed by atoms with van der Waals surface area (Å²) in [5.74, 6) is -1.64. The highest BCUT2D eigenvalue weighted by molar-refractivity contribution is 6.34. The fourth-order valence-electron chi connectivity index (χ4n) is 2.68. The van der Waals surface area contributed by atoms with Crippen LogP contribution in [0.4, 0.5) is 11.4 Å². The Bertz CT molecular complexity index is 1060. The van der Waals surface area contributed by atoms with Crippen LogP contribution in [0.2, 0.25) is 5.02 Å². The number of hydrogen-bond acceptors (Lipinski definition) is 5. The van der Waals surface area contributed by atoms with Crippen LogP contribution in [0.25, 0.3) is 0 Å². The predicted molar refractivity (Wildman–Crippen MR) is 108 cm³/mol.